The van der Waals surface area contributed by atoms with E-state index in [0.717, 1.165) is 11.5 Å². The molecule has 2 aromatic carbocycles. The number of hydrogen-bond acceptors (Lipinski definition) is 5. The van der Waals surface area contributed by atoms with Crippen LogP contribution in [0.25, 0.3) is 11.1 Å². The molecule has 1 aliphatic heterocycles. The van der Waals surface area contributed by atoms with Crippen LogP contribution in [0.5, 0.6) is 0 Å². The Morgan fingerprint density at radius 1 is 1.23 bits per heavy atom. The van der Waals surface area contributed by atoms with E-state index in [9.17, 15) is 9.59 Å². The number of carboxylic acids is 1. The fourth-order valence-electron chi connectivity index (χ4n) is 3.73. The summed E-state index contributed by atoms with van der Waals surface area (Å²) < 4.78 is 5.60. The van der Waals surface area contributed by atoms with Gasteiger partial charge in [0.25, 0.3) is 0 Å². The molecule has 0 amide bonds. The van der Waals surface area contributed by atoms with Crippen molar-refractivity contribution >= 4 is 12.3 Å². The summed E-state index contributed by atoms with van der Waals surface area (Å²) in [7, 11) is 2.16. The van der Waals surface area contributed by atoms with E-state index in [1.54, 1.807) is 30.3 Å². The minimum Gasteiger partial charge on any atom is -0.478 e. The van der Waals surface area contributed by atoms with Crippen molar-refractivity contribution in [3.63, 3.8) is 0 Å². The number of aryl methyl sites for hydroxylation is 1. The maximum absolute atomic E-state index is 11.0. The number of carboxylic acid groups (broad SMARTS) is 1. The summed E-state index contributed by atoms with van der Waals surface area (Å²) >= 11 is 0. The smallest absolute Gasteiger partial charge is 0.335 e. The fourth-order valence-corrected chi connectivity index (χ4v) is 3.73. The first-order valence-corrected chi connectivity index (χ1v) is 10.0. The first-order chi connectivity index (χ1) is 14.9. The van der Waals surface area contributed by atoms with Crippen molar-refractivity contribution in [3.8, 4) is 17.2 Å². The number of hydrogen-bond donors (Lipinski definition) is 1. The van der Waals surface area contributed by atoms with Crippen LogP contribution in [0, 0.1) is 18.3 Å². The van der Waals surface area contributed by atoms with Crippen LogP contribution >= 0.6 is 0 Å². The summed E-state index contributed by atoms with van der Waals surface area (Å²) in [6.07, 6.45) is 3.12. The molecule has 6 nitrogen and oxygen atoms in total. The third-order valence-electron chi connectivity index (χ3n) is 5.31. The SMILES string of the molecule is Cc1ccc(C2CCCN2C)o1.N#Cc1ccccc1-c1cc(C=O)cc(C(=O)O)c1. The Bertz CT molecular complexity index is 1130. The number of furan rings is 1. The van der Waals surface area contributed by atoms with E-state index in [1.807, 2.05) is 19.1 Å². The van der Waals surface area contributed by atoms with Gasteiger partial charge in [-0.2, -0.15) is 5.26 Å². The van der Waals surface area contributed by atoms with Crippen LogP contribution in [-0.4, -0.2) is 35.9 Å². The van der Waals surface area contributed by atoms with Gasteiger partial charge in [0.2, 0.25) is 0 Å². The molecule has 0 saturated carbocycles. The Balaban J connectivity index is 0.000000194. The molecule has 158 valence electrons. The standard InChI is InChI=1S/C15H9NO3.C10H15NO/c16-8-11-3-1-2-4-14(11)12-5-10(9-17)6-13(7-12)15(18)19;1-8-5-6-10(12-8)9-4-3-7-11(9)2/h1-7,9H,(H,18,19);5-6,9H,3-4,7H2,1-2H3. The van der Waals surface area contributed by atoms with E-state index in [1.165, 1.54) is 31.5 Å². The van der Waals surface area contributed by atoms with Crippen molar-refractivity contribution in [3.05, 3.63) is 82.8 Å². The zero-order valence-corrected chi connectivity index (χ0v) is 17.5. The Morgan fingerprint density at radius 2 is 2.00 bits per heavy atom. The topological polar surface area (TPSA) is 94.5 Å². The lowest BCUT2D eigenvalue weighted by Crippen LogP contribution is -2.16. The van der Waals surface area contributed by atoms with Crippen molar-refractivity contribution in [1.82, 2.24) is 4.90 Å². The molecular weight excluding hydrogens is 392 g/mol. The second-order valence-electron chi connectivity index (χ2n) is 7.51. The minimum atomic E-state index is -1.11. The number of carbonyl (C=O) groups excluding carboxylic acids is 1. The summed E-state index contributed by atoms with van der Waals surface area (Å²) in [6, 6.07) is 17.9. The van der Waals surface area contributed by atoms with Crippen molar-refractivity contribution in [2.45, 2.75) is 25.8 Å². The Labute approximate surface area is 181 Å². The third-order valence-corrected chi connectivity index (χ3v) is 5.31. The number of nitriles is 1. The maximum atomic E-state index is 11.0. The lowest BCUT2D eigenvalue weighted by molar-refractivity contribution is 0.0697. The van der Waals surface area contributed by atoms with Crippen molar-refractivity contribution < 1.29 is 19.1 Å². The van der Waals surface area contributed by atoms with Gasteiger partial charge in [-0.15, -0.1) is 0 Å². The monoisotopic (exact) mass is 416 g/mol. The van der Waals surface area contributed by atoms with Gasteiger partial charge in [-0.25, -0.2) is 4.79 Å². The molecule has 0 bridgehead atoms. The average molecular weight is 416 g/mol. The third kappa shape index (κ3) is 5.27. The van der Waals surface area contributed by atoms with E-state index < -0.39 is 5.97 Å². The predicted molar refractivity (Wildman–Crippen MR) is 117 cm³/mol. The van der Waals surface area contributed by atoms with Gasteiger partial charge in [0, 0.05) is 5.56 Å². The van der Waals surface area contributed by atoms with Crippen molar-refractivity contribution in [2.24, 2.45) is 0 Å². The molecule has 1 atom stereocenters. The van der Waals surface area contributed by atoms with E-state index >= 15 is 0 Å². The molecule has 2 heterocycles. The molecular formula is C25H24N2O4. The number of likely N-dealkylation sites (tertiary alicyclic amines) is 1. The lowest BCUT2D eigenvalue weighted by atomic mass is 9.97. The van der Waals surface area contributed by atoms with Crippen LogP contribution in [-0.2, 0) is 0 Å². The number of benzene rings is 2. The number of aldehydes is 1. The normalized spacial score (nSPS) is 15.6. The van der Waals surface area contributed by atoms with Gasteiger partial charge in [0.05, 0.1) is 23.2 Å². The van der Waals surface area contributed by atoms with E-state index in [0.29, 0.717) is 29.0 Å². The fraction of sp³-hybridized carbons (Fsp3) is 0.240. The molecule has 31 heavy (non-hydrogen) atoms. The molecule has 1 saturated heterocycles. The first kappa shape index (κ1) is 22.0. The highest BCUT2D eigenvalue weighted by molar-refractivity contribution is 5.93. The van der Waals surface area contributed by atoms with Crippen molar-refractivity contribution in [2.75, 3.05) is 13.6 Å². The largest absolute Gasteiger partial charge is 0.478 e. The summed E-state index contributed by atoms with van der Waals surface area (Å²) in [4.78, 5) is 24.2. The molecule has 1 aliphatic rings. The highest BCUT2D eigenvalue weighted by atomic mass is 16.4. The Morgan fingerprint density at radius 3 is 2.58 bits per heavy atom. The molecule has 1 N–H and O–H groups in total. The van der Waals surface area contributed by atoms with Crippen LogP contribution in [0.4, 0.5) is 0 Å². The number of rotatable bonds is 4. The second-order valence-corrected chi connectivity index (χ2v) is 7.51. The molecule has 1 aromatic heterocycles. The summed E-state index contributed by atoms with van der Waals surface area (Å²) in [5, 5.41) is 18.1. The predicted octanol–water partition coefficient (Wildman–Crippen LogP) is 5.09. The van der Waals surface area contributed by atoms with Gasteiger partial charge in [-0.3, -0.25) is 9.69 Å². The van der Waals surface area contributed by atoms with Gasteiger partial charge in [0.15, 0.2) is 0 Å². The molecule has 1 unspecified atom stereocenters. The van der Waals surface area contributed by atoms with Gasteiger partial charge in [-0.1, -0.05) is 18.2 Å². The molecule has 6 heteroatoms. The zero-order chi connectivity index (χ0) is 22.4. The van der Waals surface area contributed by atoms with Crippen molar-refractivity contribution in [1.29, 1.82) is 5.26 Å². The lowest BCUT2D eigenvalue weighted by Gasteiger charge is -2.16. The Hall–Kier alpha value is -3.69. The summed E-state index contributed by atoms with van der Waals surface area (Å²) in [5.41, 5.74) is 1.87. The molecule has 1 fully saturated rings. The van der Waals surface area contributed by atoms with E-state index in [4.69, 9.17) is 14.8 Å². The minimum absolute atomic E-state index is 0.0207. The highest BCUT2D eigenvalue weighted by Gasteiger charge is 2.24. The summed E-state index contributed by atoms with van der Waals surface area (Å²) in [6.45, 7) is 3.20. The molecule has 0 radical (unpaired) electrons. The molecule has 4 rings (SSSR count). The quantitative estimate of drug-likeness (QED) is 0.595. The van der Waals surface area contributed by atoms with Gasteiger partial charge in [0.1, 0.15) is 17.8 Å². The Kier molecular flexibility index (Phi) is 7.01. The number of carbonyl (C=O) groups is 2. The first-order valence-electron chi connectivity index (χ1n) is 10.0. The number of nitrogens with zero attached hydrogens (tertiary/aromatic N) is 2. The molecule has 0 aliphatic carbocycles. The van der Waals surface area contributed by atoms with Crippen LogP contribution < -0.4 is 0 Å². The van der Waals surface area contributed by atoms with Crippen LogP contribution in [0.2, 0.25) is 0 Å². The highest BCUT2D eigenvalue weighted by Crippen LogP contribution is 2.31. The molecule has 3 aromatic rings. The van der Waals surface area contributed by atoms with Crippen LogP contribution in [0.15, 0.2) is 59.0 Å². The zero-order valence-electron chi connectivity index (χ0n) is 17.5. The number of aromatic carboxylic acids is 1. The van der Waals surface area contributed by atoms with Crippen LogP contribution in [0.3, 0.4) is 0 Å². The molecule has 0 spiro atoms. The van der Waals surface area contributed by atoms with E-state index in [-0.39, 0.29) is 11.1 Å². The maximum Gasteiger partial charge on any atom is 0.335 e. The average Bonchev–Trinajstić information content (AvgIpc) is 3.41. The van der Waals surface area contributed by atoms with Crippen LogP contribution in [0.1, 0.15) is 56.7 Å². The van der Waals surface area contributed by atoms with E-state index in [2.05, 4.69) is 18.0 Å². The van der Waals surface area contributed by atoms with Gasteiger partial charge >= 0.3 is 5.97 Å². The van der Waals surface area contributed by atoms with Gasteiger partial charge < -0.3 is 9.52 Å². The second kappa shape index (κ2) is 9.88. The summed E-state index contributed by atoms with van der Waals surface area (Å²) in [5.74, 6) is 1.04. The van der Waals surface area contributed by atoms with Gasteiger partial charge in [-0.05, 0) is 80.9 Å².